The molecular formula is C22H34N4O5. The molecular weight excluding hydrogens is 400 g/mol. The summed E-state index contributed by atoms with van der Waals surface area (Å²) >= 11 is 0. The van der Waals surface area contributed by atoms with Crippen molar-refractivity contribution in [3.63, 3.8) is 0 Å². The van der Waals surface area contributed by atoms with Crippen LogP contribution in [-0.2, 0) is 19.1 Å². The highest BCUT2D eigenvalue weighted by atomic mass is 16.6. The Morgan fingerprint density at radius 2 is 1.65 bits per heavy atom. The molecule has 4 amide bonds. The van der Waals surface area contributed by atoms with Gasteiger partial charge in [0, 0.05) is 19.5 Å². The number of hydrogen-bond donors (Lipinski definition) is 3. The van der Waals surface area contributed by atoms with E-state index in [-0.39, 0.29) is 24.8 Å². The zero-order valence-corrected chi connectivity index (χ0v) is 19.1. The van der Waals surface area contributed by atoms with Crippen LogP contribution in [0.1, 0.15) is 59.1 Å². The summed E-state index contributed by atoms with van der Waals surface area (Å²) in [4.78, 5) is 51.0. The summed E-state index contributed by atoms with van der Waals surface area (Å²) < 4.78 is 5.23. The van der Waals surface area contributed by atoms with Crippen LogP contribution in [-0.4, -0.2) is 53.4 Å². The summed E-state index contributed by atoms with van der Waals surface area (Å²) in [6.45, 7) is 8.73. The standard InChI is InChI=1S/C22H34N4O5/c1-14(2)24-19(28)18(15-10-8-7-9-11-15)26(6)20(29)16(12-13-17(23)27)25-21(30)31-22(3,4)5/h7-11,14,16,18H,12-13H2,1-6H3,(H2,23,27)(H,24,28)(H,25,30). The number of nitrogens with zero attached hydrogens (tertiary/aromatic N) is 1. The first-order chi connectivity index (χ1) is 14.3. The molecule has 9 heteroatoms. The minimum atomic E-state index is -1.09. The first-order valence-corrected chi connectivity index (χ1v) is 10.2. The molecule has 4 N–H and O–H groups in total. The van der Waals surface area contributed by atoms with E-state index in [0.717, 1.165) is 0 Å². The molecule has 0 spiro atoms. The summed E-state index contributed by atoms with van der Waals surface area (Å²) in [5.74, 6) is -1.51. The maximum absolute atomic E-state index is 13.3. The number of carbonyl (C=O) groups excluding carboxylic acids is 4. The Balaban J connectivity index is 3.17. The molecule has 0 aliphatic rings. The van der Waals surface area contributed by atoms with E-state index in [2.05, 4.69) is 10.6 Å². The quantitative estimate of drug-likeness (QED) is 0.546. The fraction of sp³-hybridized carbons (Fsp3) is 0.545. The van der Waals surface area contributed by atoms with Crippen LogP contribution in [0.4, 0.5) is 4.79 Å². The Kier molecular flexibility index (Phi) is 9.48. The zero-order chi connectivity index (χ0) is 23.8. The molecule has 172 valence electrons. The van der Waals surface area contributed by atoms with Crippen molar-refractivity contribution in [2.75, 3.05) is 7.05 Å². The minimum Gasteiger partial charge on any atom is -0.444 e. The molecule has 0 bridgehead atoms. The van der Waals surface area contributed by atoms with Crippen LogP contribution in [0.5, 0.6) is 0 Å². The lowest BCUT2D eigenvalue weighted by molar-refractivity contribution is -0.141. The summed E-state index contributed by atoms with van der Waals surface area (Å²) in [6, 6.07) is 6.69. The first-order valence-electron chi connectivity index (χ1n) is 10.2. The van der Waals surface area contributed by atoms with Crippen molar-refractivity contribution in [2.45, 2.75) is 71.2 Å². The lowest BCUT2D eigenvalue weighted by Gasteiger charge is -2.32. The number of carbonyl (C=O) groups is 4. The van der Waals surface area contributed by atoms with Crippen LogP contribution in [0.15, 0.2) is 30.3 Å². The number of alkyl carbamates (subject to hydrolysis) is 1. The fourth-order valence-corrected chi connectivity index (χ4v) is 2.92. The number of nitrogens with two attached hydrogens (primary N) is 1. The highest BCUT2D eigenvalue weighted by molar-refractivity contribution is 5.92. The lowest BCUT2D eigenvalue weighted by atomic mass is 10.0. The molecule has 2 unspecified atom stereocenters. The van der Waals surface area contributed by atoms with Crippen molar-refractivity contribution < 1.29 is 23.9 Å². The number of benzene rings is 1. The van der Waals surface area contributed by atoms with E-state index in [1.807, 2.05) is 19.9 Å². The number of hydrogen-bond acceptors (Lipinski definition) is 5. The zero-order valence-electron chi connectivity index (χ0n) is 19.1. The van der Waals surface area contributed by atoms with Gasteiger partial charge in [-0.3, -0.25) is 14.4 Å². The Labute approximate surface area is 183 Å². The maximum Gasteiger partial charge on any atom is 0.408 e. The van der Waals surface area contributed by atoms with Crippen LogP contribution >= 0.6 is 0 Å². The molecule has 0 heterocycles. The molecule has 0 aromatic heterocycles. The van der Waals surface area contributed by atoms with Gasteiger partial charge in [-0.1, -0.05) is 30.3 Å². The van der Waals surface area contributed by atoms with Crippen molar-refractivity contribution in [3.05, 3.63) is 35.9 Å². The Bertz CT molecular complexity index is 774. The molecule has 0 radical (unpaired) electrons. The molecule has 1 rings (SSSR count). The maximum atomic E-state index is 13.3. The van der Waals surface area contributed by atoms with Crippen LogP contribution in [0, 0.1) is 0 Å². The van der Waals surface area contributed by atoms with E-state index >= 15 is 0 Å². The van der Waals surface area contributed by atoms with Crippen LogP contribution in [0.25, 0.3) is 0 Å². The minimum absolute atomic E-state index is 0.0228. The van der Waals surface area contributed by atoms with Gasteiger partial charge in [-0.15, -0.1) is 0 Å². The van der Waals surface area contributed by atoms with Gasteiger partial charge >= 0.3 is 6.09 Å². The first kappa shape index (κ1) is 25.9. The summed E-state index contributed by atoms with van der Waals surface area (Å²) in [5.41, 5.74) is 5.08. The highest BCUT2D eigenvalue weighted by Crippen LogP contribution is 2.22. The number of rotatable bonds is 9. The summed E-state index contributed by atoms with van der Waals surface area (Å²) in [7, 11) is 1.48. The van der Waals surface area contributed by atoms with Crippen molar-refractivity contribution in [1.82, 2.24) is 15.5 Å². The van der Waals surface area contributed by atoms with Crippen LogP contribution in [0.3, 0.4) is 0 Å². The average molecular weight is 435 g/mol. The summed E-state index contributed by atoms with van der Waals surface area (Å²) in [6.07, 6.45) is -0.939. The van der Waals surface area contributed by atoms with Gasteiger partial charge in [0.2, 0.25) is 17.7 Å². The molecule has 1 aromatic carbocycles. The molecule has 0 fully saturated rings. The topological polar surface area (TPSA) is 131 Å². The van der Waals surface area contributed by atoms with Crippen LogP contribution in [0.2, 0.25) is 0 Å². The lowest BCUT2D eigenvalue weighted by Crippen LogP contribution is -2.52. The Hall–Kier alpha value is -3.10. The number of ether oxygens (including phenoxy) is 1. The molecule has 0 aliphatic heterocycles. The van der Waals surface area contributed by atoms with E-state index in [0.29, 0.717) is 5.56 Å². The average Bonchev–Trinajstić information content (AvgIpc) is 2.63. The van der Waals surface area contributed by atoms with Gasteiger partial charge in [-0.25, -0.2) is 4.79 Å². The number of likely N-dealkylation sites (N-methyl/N-ethyl adjacent to an activating group) is 1. The number of amides is 4. The monoisotopic (exact) mass is 434 g/mol. The van der Waals surface area contributed by atoms with Crippen molar-refractivity contribution >= 4 is 23.8 Å². The third-order valence-electron chi connectivity index (χ3n) is 4.20. The van der Waals surface area contributed by atoms with Gasteiger partial charge in [-0.05, 0) is 46.6 Å². The number of nitrogens with one attached hydrogen (secondary N) is 2. The second-order valence-electron chi connectivity index (χ2n) is 8.63. The smallest absolute Gasteiger partial charge is 0.408 e. The molecule has 0 aliphatic carbocycles. The largest absolute Gasteiger partial charge is 0.444 e. The Morgan fingerprint density at radius 3 is 2.13 bits per heavy atom. The second kappa shape index (κ2) is 11.3. The van der Waals surface area contributed by atoms with Crippen LogP contribution < -0.4 is 16.4 Å². The van der Waals surface area contributed by atoms with Crippen molar-refractivity contribution in [2.24, 2.45) is 5.73 Å². The third kappa shape index (κ3) is 9.06. The van der Waals surface area contributed by atoms with Crippen molar-refractivity contribution in [1.29, 1.82) is 0 Å². The van der Waals surface area contributed by atoms with E-state index in [1.165, 1.54) is 11.9 Å². The predicted molar refractivity (Wildman–Crippen MR) is 117 cm³/mol. The van der Waals surface area contributed by atoms with Gasteiger partial charge in [0.25, 0.3) is 0 Å². The van der Waals surface area contributed by atoms with Gasteiger partial charge < -0.3 is 26.0 Å². The van der Waals surface area contributed by atoms with E-state index in [4.69, 9.17) is 10.5 Å². The second-order valence-corrected chi connectivity index (χ2v) is 8.63. The van der Waals surface area contributed by atoms with Gasteiger partial charge in [0.05, 0.1) is 0 Å². The molecule has 1 aromatic rings. The highest BCUT2D eigenvalue weighted by Gasteiger charge is 2.34. The molecule has 31 heavy (non-hydrogen) atoms. The van der Waals surface area contributed by atoms with E-state index in [1.54, 1.807) is 45.0 Å². The van der Waals surface area contributed by atoms with Gasteiger partial charge in [-0.2, -0.15) is 0 Å². The Morgan fingerprint density at radius 1 is 1.06 bits per heavy atom. The van der Waals surface area contributed by atoms with Crippen molar-refractivity contribution in [3.8, 4) is 0 Å². The van der Waals surface area contributed by atoms with Gasteiger partial charge in [0.15, 0.2) is 0 Å². The normalized spacial score (nSPS) is 13.1. The number of primary amides is 1. The molecule has 2 atom stereocenters. The SMILES string of the molecule is CC(C)NC(=O)C(c1ccccc1)N(C)C(=O)C(CCC(N)=O)NC(=O)OC(C)(C)C. The van der Waals surface area contributed by atoms with E-state index in [9.17, 15) is 19.2 Å². The molecule has 9 nitrogen and oxygen atoms in total. The van der Waals surface area contributed by atoms with E-state index < -0.39 is 35.6 Å². The third-order valence-corrected chi connectivity index (χ3v) is 4.20. The fourth-order valence-electron chi connectivity index (χ4n) is 2.92. The molecule has 0 saturated carbocycles. The van der Waals surface area contributed by atoms with Gasteiger partial charge in [0.1, 0.15) is 17.7 Å². The predicted octanol–water partition coefficient (Wildman–Crippen LogP) is 1.87. The summed E-state index contributed by atoms with van der Waals surface area (Å²) in [5, 5.41) is 5.32. The molecule has 0 saturated heterocycles.